The minimum Gasteiger partial charge on any atom is -0.486 e. The van der Waals surface area contributed by atoms with Gasteiger partial charge in [0.1, 0.15) is 13.2 Å². The van der Waals surface area contributed by atoms with Gasteiger partial charge in [-0.3, -0.25) is 14.4 Å². The number of rotatable bonds is 2. The maximum atomic E-state index is 13.8. The van der Waals surface area contributed by atoms with Crippen molar-refractivity contribution in [3.8, 4) is 11.5 Å². The van der Waals surface area contributed by atoms with Gasteiger partial charge in [0.15, 0.2) is 28.8 Å². The Morgan fingerprint density at radius 1 is 0.871 bits per heavy atom. The summed E-state index contributed by atoms with van der Waals surface area (Å²) in [7, 11) is 0. The minimum atomic E-state index is -5.11. The Bertz CT molecular complexity index is 1280. The molecule has 1 aliphatic carbocycles. The van der Waals surface area contributed by atoms with Crippen LogP contribution in [0.4, 0.5) is 13.2 Å². The van der Waals surface area contributed by atoms with Crippen molar-refractivity contribution in [1.29, 1.82) is 0 Å². The van der Waals surface area contributed by atoms with Crippen LogP contribution in [0.15, 0.2) is 46.9 Å². The second-order valence-corrected chi connectivity index (χ2v) is 6.90. The molecule has 2 aromatic carbocycles. The number of alkyl halides is 3. The van der Waals surface area contributed by atoms with Crippen molar-refractivity contribution in [2.24, 2.45) is 0 Å². The highest BCUT2D eigenvalue weighted by atomic mass is 19.4. The molecule has 2 heterocycles. The van der Waals surface area contributed by atoms with E-state index in [1.807, 2.05) is 0 Å². The molecule has 2 aliphatic rings. The molecular formula is C22H11F3O6. The second kappa shape index (κ2) is 6.56. The van der Waals surface area contributed by atoms with E-state index in [2.05, 4.69) is 0 Å². The van der Waals surface area contributed by atoms with Crippen LogP contribution in [0.25, 0.3) is 0 Å². The number of hydrogen-bond donors (Lipinski definition) is 0. The van der Waals surface area contributed by atoms with Crippen molar-refractivity contribution < 1.29 is 41.4 Å². The van der Waals surface area contributed by atoms with E-state index in [1.165, 1.54) is 42.5 Å². The summed E-state index contributed by atoms with van der Waals surface area (Å²) >= 11 is 0. The normalized spacial score (nSPS) is 14.8. The standard InChI is InChI=1S/C22H11F3O6/c23-22(24,25)21-16(17(26)10-5-6-13-14(9-10)30-8-7-29-13)15-18(27)11-3-1-2-4-12(11)19(28)20(15)31-21/h1-6,9H,7-8H2. The summed E-state index contributed by atoms with van der Waals surface area (Å²) in [5.41, 5.74) is -2.02. The second-order valence-electron chi connectivity index (χ2n) is 6.90. The van der Waals surface area contributed by atoms with Crippen LogP contribution in [0, 0.1) is 0 Å². The number of furan rings is 1. The average Bonchev–Trinajstić information content (AvgIpc) is 3.18. The third kappa shape index (κ3) is 2.84. The van der Waals surface area contributed by atoms with E-state index in [0.29, 0.717) is 12.4 Å². The van der Waals surface area contributed by atoms with Crippen LogP contribution >= 0.6 is 0 Å². The topological polar surface area (TPSA) is 82.8 Å². The van der Waals surface area contributed by atoms with E-state index in [1.54, 1.807) is 0 Å². The van der Waals surface area contributed by atoms with Gasteiger partial charge in [0.2, 0.25) is 11.5 Å². The molecule has 156 valence electrons. The molecule has 0 N–H and O–H groups in total. The lowest BCUT2D eigenvalue weighted by Crippen LogP contribution is -2.22. The molecule has 9 heteroatoms. The van der Waals surface area contributed by atoms with Gasteiger partial charge in [-0.05, 0) is 18.2 Å². The van der Waals surface area contributed by atoms with E-state index < -0.39 is 46.2 Å². The van der Waals surface area contributed by atoms with Gasteiger partial charge < -0.3 is 13.9 Å². The predicted molar refractivity (Wildman–Crippen MR) is 97.9 cm³/mol. The van der Waals surface area contributed by atoms with Gasteiger partial charge >= 0.3 is 6.18 Å². The number of hydrogen-bond acceptors (Lipinski definition) is 6. The highest BCUT2D eigenvalue weighted by molar-refractivity contribution is 6.31. The molecule has 0 saturated heterocycles. The van der Waals surface area contributed by atoms with E-state index in [0.717, 1.165) is 0 Å². The van der Waals surface area contributed by atoms with Crippen molar-refractivity contribution in [3.05, 3.63) is 81.8 Å². The van der Waals surface area contributed by atoms with Gasteiger partial charge in [0.25, 0.3) is 0 Å². The fraction of sp³-hybridized carbons (Fsp3) is 0.136. The summed E-state index contributed by atoms with van der Waals surface area (Å²) < 4.78 is 56.8. The quantitative estimate of drug-likeness (QED) is 0.448. The predicted octanol–water partition coefficient (Wildman–Crippen LogP) is 4.08. The van der Waals surface area contributed by atoms with Crippen LogP contribution in [0.1, 0.15) is 53.7 Å². The molecule has 31 heavy (non-hydrogen) atoms. The van der Waals surface area contributed by atoms with Crippen LogP contribution in [-0.4, -0.2) is 30.6 Å². The highest BCUT2D eigenvalue weighted by Gasteiger charge is 2.47. The first-order valence-corrected chi connectivity index (χ1v) is 9.14. The van der Waals surface area contributed by atoms with Gasteiger partial charge in [0.05, 0.1) is 11.1 Å². The molecular weight excluding hydrogens is 417 g/mol. The molecule has 0 spiro atoms. The summed E-state index contributed by atoms with van der Waals surface area (Å²) in [6.45, 7) is 0.507. The van der Waals surface area contributed by atoms with Crippen LogP contribution in [0.3, 0.4) is 0 Å². The minimum absolute atomic E-state index is 0.0826. The molecule has 0 saturated carbocycles. The molecule has 0 radical (unpaired) electrons. The van der Waals surface area contributed by atoms with Crippen molar-refractivity contribution in [1.82, 2.24) is 0 Å². The van der Waals surface area contributed by atoms with E-state index in [4.69, 9.17) is 13.9 Å². The molecule has 5 rings (SSSR count). The number of carbonyl (C=O) groups excluding carboxylic acids is 3. The molecule has 0 atom stereocenters. The van der Waals surface area contributed by atoms with Crippen molar-refractivity contribution in [2.45, 2.75) is 6.18 Å². The molecule has 1 aliphatic heterocycles. The fourth-order valence-corrected chi connectivity index (χ4v) is 3.69. The van der Waals surface area contributed by atoms with Crippen molar-refractivity contribution >= 4 is 17.3 Å². The lowest BCUT2D eigenvalue weighted by molar-refractivity contribution is -0.153. The Kier molecular flexibility index (Phi) is 4.04. The Morgan fingerprint density at radius 2 is 1.52 bits per heavy atom. The number of ether oxygens (including phenoxy) is 2. The maximum Gasteiger partial charge on any atom is 0.450 e. The molecule has 0 unspecified atom stereocenters. The zero-order valence-corrected chi connectivity index (χ0v) is 15.5. The largest absolute Gasteiger partial charge is 0.486 e. The van der Waals surface area contributed by atoms with Crippen molar-refractivity contribution in [3.63, 3.8) is 0 Å². The van der Waals surface area contributed by atoms with Crippen LogP contribution in [-0.2, 0) is 6.18 Å². The lowest BCUT2D eigenvalue weighted by Gasteiger charge is -2.19. The van der Waals surface area contributed by atoms with Gasteiger partial charge in [-0.25, -0.2) is 0 Å². The number of carbonyl (C=O) groups is 3. The molecule has 1 aromatic heterocycles. The smallest absolute Gasteiger partial charge is 0.450 e. The zero-order valence-electron chi connectivity index (χ0n) is 15.5. The molecule has 3 aromatic rings. The SMILES string of the molecule is O=C1c2ccccc2C(=O)c2c1oc(C(F)(F)F)c2C(=O)c1ccc2c(c1)OCCO2. The van der Waals surface area contributed by atoms with Crippen LogP contribution < -0.4 is 9.47 Å². The van der Waals surface area contributed by atoms with E-state index >= 15 is 0 Å². The first-order valence-electron chi connectivity index (χ1n) is 9.14. The average molecular weight is 428 g/mol. The van der Waals surface area contributed by atoms with Gasteiger partial charge in [0, 0.05) is 16.7 Å². The zero-order chi connectivity index (χ0) is 21.9. The van der Waals surface area contributed by atoms with E-state index in [9.17, 15) is 27.6 Å². The van der Waals surface area contributed by atoms with Crippen molar-refractivity contribution in [2.75, 3.05) is 13.2 Å². The summed E-state index contributed by atoms with van der Waals surface area (Å²) in [6.07, 6.45) is -5.11. The van der Waals surface area contributed by atoms with Gasteiger partial charge in [-0.15, -0.1) is 0 Å². The Labute approximate surface area is 172 Å². The van der Waals surface area contributed by atoms with Crippen LogP contribution in [0.2, 0.25) is 0 Å². The summed E-state index contributed by atoms with van der Waals surface area (Å²) in [5, 5.41) is 0. The molecule has 0 fully saturated rings. The van der Waals surface area contributed by atoms with Gasteiger partial charge in [-0.2, -0.15) is 13.2 Å². The summed E-state index contributed by atoms with van der Waals surface area (Å²) in [5.74, 6) is -4.84. The first kappa shape index (κ1) is 19.1. The maximum absolute atomic E-state index is 13.8. The number of fused-ring (bicyclic) bond motifs is 3. The molecule has 0 amide bonds. The fourth-order valence-electron chi connectivity index (χ4n) is 3.69. The lowest BCUT2D eigenvalue weighted by atomic mass is 9.84. The van der Waals surface area contributed by atoms with Gasteiger partial charge in [-0.1, -0.05) is 24.3 Å². The third-order valence-corrected chi connectivity index (χ3v) is 5.05. The highest BCUT2D eigenvalue weighted by Crippen LogP contribution is 2.42. The monoisotopic (exact) mass is 428 g/mol. The van der Waals surface area contributed by atoms with Crippen LogP contribution in [0.5, 0.6) is 11.5 Å². The number of halogens is 3. The van der Waals surface area contributed by atoms with E-state index in [-0.39, 0.29) is 29.0 Å². The third-order valence-electron chi connectivity index (χ3n) is 5.05. The Hall–Kier alpha value is -3.88. The molecule has 6 nitrogen and oxygen atoms in total. The summed E-state index contributed by atoms with van der Waals surface area (Å²) in [4.78, 5) is 38.9. The Balaban J connectivity index is 1.72. The number of benzene rings is 2. The summed E-state index contributed by atoms with van der Waals surface area (Å²) in [6, 6.07) is 9.47. The Morgan fingerprint density at radius 3 is 2.19 bits per heavy atom. The number of ketones is 3. The molecule has 0 bridgehead atoms. The first-order chi connectivity index (χ1) is 14.8.